The van der Waals surface area contributed by atoms with Gasteiger partial charge in [0.1, 0.15) is 6.01 Å². The number of rotatable bonds is 5. The summed E-state index contributed by atoms with van der Waals surface area (Å²) in [5, 5.41) is 0.476. The van der Waals surface area contributed by atoms with E-state index in [0.29, 0.717) is 11.6 Å². The number of unbranched alkanes of at least 4 members (excludes halogenated alkanes) is 1. The molecular weight excluding hydrogens is 260 g/mol. The molecule has 1 rings (SSSR count). The molecule has 0 heterocycles. The van der Waals surface area contributed by atoms with Crippen LogP contribution in [0, 0.1) is 0 Å². The van der Waals surface area contributed by atoms with Crippen LogP contribution in [0.5, 0.6) is 0 Å². The van der Waals surface area contributed by atoms with Gasteiger partial charge >= 0.3 is 0 Å². The van der Waals surface area contributed by atoms with Crippen LogP contribution >= 0.6 is 11.6 Å². The van der Waals surface area contributed by atoms with Gasteiger partial charge in [0.2, 0.25) is 0 Å². The molecule has 0 fully saturated rings. The van der Waals surface area contributed by atoms with Gasteiger partial charge in [0.15, 0.2) is 0 Å². The lowest BCUT2D eigenvalue weighted by atomic mass is 10.3. The van der Waals surface area contributed by atoms with Crippen molar-refractivity contribution in [3.63, 3.8) is 0 Å². The van der Waals surface area contributed by atoms with Crippen molar-refractivity contribution in [2.24, 2.45) is 9.39 Å². The number of halogens is 1. The lowest BCUT2D eigenvalue weighted by molar-refractivity contribution is 0.598. The summed E-state index contributed by atoms with van der Waals surface area (Å²) in [6.45, 7) is 2.56. The molecule has 0 aliphatic heterocycles. The van der Waals surface area contributed by atoms with E-state index in [2.05, 4.69) is 15.4 Å². The molecular formula is C11H13ClN2O2S. The number of aliphatic imine (C=N–C) groups is 1. The fraction of sp³-hybridized carbons (Fsp3) is 0.364. The van der Waals surface area contributed by atoms with Crippen molar-refractivity contribution >= 4 is 27.6 Å². The van der Waals surface area contributed by atoms with E-state index >= 15 is 0 Å². The number of benzene rings is 1. The quantitative estimate of drug-likeness (QED) is 0.611. The van der Waals surface area contributed by atoms with Crippen LogP contribution in [-0.4, -0.2) is 21.0 Å². The topological polar surface area (TPSA) is 58.9 Å². The molecule has 4 nitrogen and oxygen atoms in total. The molecule has 0 atom stereocenters. The van der Waals surface area contributed by atoms with Gasteiger partial charge in [0.05, 0.1) is 4.90 Å². The van der Waals surface area contributed by atoms with Crippen molar-refractivity contribution in [1.82, 2.24) is 0 Å². The first-order valence-corrected chi connectivity index (χ1v) is 7.02. The van der Waals surface area contributed by atoms with E-state index < -0.39 is 10.0 Å². The highest BCUT2D eigenvalue weighted by molar-refractivity contribution is 7.90. The third-order valence-corrected chi connectivity index (χ3v) is 3.41. The molecule has 0 aromatic heterocycles. The molecule has 0 spiro atoms. The Morgan fingerprint density at radius 1 is 1.29 bits per heavy atom. The Balaban J connectivity index is 2.82. The van der Waals surface area contributed by atoms with Gasteiger partial charge in [0, 0.05) is 11.6 Å². The Morgan fingerprint density at radius 2 is 1.94 bits per heavy atom. The minimum absolute atomic E-state index is 0.0834. The number of sulfonamides is 1. The summed E-state index contributed by atoms with van der Waals surface area (Å²) in [4.78, 5) is 3.85. The molecule has 0 saturated heterocycles. The maximum absolute atomic E-state index is 11.6. The first-order valence-electron chi connectivity index (χ1n) is 5.20. The minimum Gasteiger partial charge on any atom is -0.225 e. The van der Waals surface area contributed by atoms with Gasteiger partial charge in [-0.3, -0.25) is 0 Å². The van der Waals surface area contributed by atoms with Crippen molar-refractivity contribution in [1.29, 1.82) is 0 Å². The molecule has 0 radical (unpaired) electrons. The highest BCUT2D eigenvalue weighted by Crippen LogP contribution is 2.15. The smallest absolute Gasteiger partial charge is 0.225 e. The fourth-order valence-corrected chi connectivity index (χ4v) is 1.91. The Bertz CT molecular complexity index is 517. The van der Waals surface area contributed by atoms with Crippen LogP contribution in [0.2, 0.25) is 5.02 Å². The Kier molecular flexibility index (Phi) is 5.35. The summed E-state index contributed by atoms with van der Waals surface area (Å²) in [6, 6.07) is 7.99. The summed E-state index contributed by atoms with van der Waals surface area (Å²) in [5.41, 5.74) is 0. The third-order valence-electron chi connectivity index (χ3n) is 1.97. The Hall–Kier alpha value is -1.16. The van der Waals surface area contributed by atoms with E-state index in [4.69, 9.17) is 11.6 Å². The SMILES string of the molecule is CCCCN=C=NS(=O)(=O)c1ccc(Cl)cc1. The van der Waals surface area contributed by atoms with Crippen LogP contribution in [0.1, 0.15) is 19.8 Å². The number of hydrogen-bond acceptors (Lipinski definition) is 3. The monoisotopic (exact) mass is 272 g/mol. The van der Waals surface area contributed by atoms with E-state index in [9.17, 15) is 8.42 Å². The van der Waals surface area contributed by atoms with Crippen molar-refractivity contribution in [2.45, 2.75) is 24.7 Å². The number of hydrogen-bond donors (Lipinski definition) is 0. The van der Waals surface area contributed by atoms with Gasteiger partial charge in [-0.2, -0.15) is 8.42 Å². The summed E-state index contributed by atoms with van der Waals surface area (Å²) >= 11 is 5.66. The average Bonchev–Trinajstić information content (AvgIpc) is 2.29. The normalized spacial score (nSPS) is 10.7. The van der Waals surface area contributed by atoms with Gasteiger partial charge in [-0.05, 0) is 30.7 Å². The second kappa shape index (κ2) is 6.55. The Morgan fingerprint density at radius 3 is 2.53 bits per heavy atom. The summed E-state index contributed by atoms with van der Waals surface area (Å²) in [5.74, 6) is 0. The van der Waals surface area contributed by atoms with E-state index in [-0.39, 0.29) is 4.90 Å². The second-order valence-electron chi connectivity index (χ2n) is 3.36. The van der Waals surface area contributed by atoms with Gasteiger partial charge < -0.3 is 0 Å². The van der Waals surface area contributed by atoms with Crippen LogP contribution in [0.15, 0.2) is 38.6 Å². The first-order chi connectivity index (χ1) is 8.06. The lowest BCUT2D eigenvalue weighted by Crippen LogP contribution is -1.95. The van der Waals surface area contributed by atoms with E-state index in [1.807, 2.05) is 6.92 Å². The van der Waals surface area contributed by atoms with Crippen molar-refractivity contribution in [2.75, 3.05) is 6.54 Å². The van der Waals surface area contributed by atoms with E-state index in [1.165, 1.54) is 24.3 Å². The molecule has 0 aliphatic rings. The van der Waals surface area contributed by atoms with Crippen molar-refractivity contribution in [3.05, 3.63) is 29.3 Å². The van der Waals surface area contributed by atoms with Gasteiger partial charge in [-0.1, -0.05) is 29.3 Å². The van der Waals surface area contributed by atoms with E-state index in [1.54, 1.807) is 0 Å². The van der Waals surface area contributed by atoms with Crippen LogP contribution < -0.4 is 0 Å². The molecule has 1 aromatic rings. The largest absolute Gasteiger partial charge is 0.291 e. The van der Waals surface area contributed by atoms with Crippen LogP contribution in [0.3, 0.4) is 0 Å². The number of nitrogens with zero attached hydrogens (tertiary/aromatic N) is 2. The van der Waals surface area contributed by atoms with Crippen LogP contribution in [0.25, 0.3) is 0 Å². The summed E-state index contributed by atoms with van der Waals surface area (Å²) in [7, 11) is -3.70. The molecule has 92 valence electrons. The van der Waals surface area contributed by atoms with Crippen LogP contribution in [0.4, 0.5) is 0 Å². The molecule has 0 unspecified atom stereocenters. The third kappa shape index (κ3) is 4.69. The van der Waals surface area contributed by atoms with Gasteiger partial charge in [-0.25, -0.2) is 4.99 Å². The highest BCUT2D eigenvalue weighted by Gasteiger charge is 2.10. The average molecular weight is 273 g/mol. The molecule has 17 heavy (non-hydrogen) atoms. The maximum atomic E-state index is 11.6. The van der Waals surface area contributed by atoms with E-state index in [0.717, 1.165) is 12.8 Å². The fourth-order valence-electron chi connectivity index (χ4n) is 1.03. The summed E-state index contributed by atoms with van der Waals surface area (Å²) in [6.07, 6.45) is 1.89. The van der Waals surface area contributed by atoms with Crippen LogP contribution in [-0.2, 0) is 10.0 Å². The van der Waals surface area contributed by atoms with Crippen molar-refractivity contribution in [3.8, 4) is 0 Å². The predicted molar refractivity (Wildman–Crippen MR) is 68.3 cm³/mol. The molecule has 6 heteroatoms. The van der Waals surface area contributed by atoms with Gasteiger partial charge in [-0.15, -0.1) is 0 Å². The Labute approximate surface area is 106 Å². The molecule has 0 N–H and O–H groups in total. The zero-order chi connectivity index (χ0) is 12.7. The maximum Gasteiger partial charge on any atom is 0.291 e. The predicted octanol–water partition coefficient (Wildman–Crippen LogP) is 3.00. The molecule has 1 aromatic carbocycles. The lowest BCUT2D eigenvalue weighted by Gasteiger charge is -1.95. The van der Waals surface area contributed by atoms with Crippen molar-refractivity contribution < 1.29 is 8.42 Å². The highest BCUT2D eigenvalue weighted by atomic mass is 35.5. The second-order valence-corrected chi connectivity index (χ2v) is 5.40. The molecule has 0 aliphatic carbocycles. The van der Waals surface area contributed by atoms with Gasteiger partial charge in [0.25, 0.3) is 10.0 Å². The summed E-state index contributed by atoms with van der Waals surface area (Å²) < 4.78 is 26.6. The molecule has 0 bridgehead atoms. The zero-order valence-corrected chi connectivity index (χ0v) is 11.0. The zero-order valence-electron chi connectivity index (χ0n) is 9.43. The molecule has 0 saturated carbocycles. The first kappa shape index (κ1) is 13.9. The molecule has 0 amide bonds. The standard InChI is InChI=1S/C11H13ClN2O2S/c1-2-3-8-13-9-14-17(15,16)11-6-4-10(12)5-7-11/h4-7H,2-3,8H2,1H3. The minimum atomic E-state index is -3.70.